The molecule has 110 valence electrons. The van der Waals surface area contributed by atoms with Crippen LogP contribution in [-0.4, -0.2) is 13.1 Å². The first-order chi connectivity index (χ1) is 9.81. The minimum Gasteiger partial charge on any atom is -0.313 e. The van der Waals surface area contributed by atoms with Crippen LogP contribution in [0.5, 0.6) is 0 Å². The van der Waals surface area contributed by atoms with E-state index in [1.807, 2.05) is 0 Å². The van der Waals surface area contributed by atoms with E-state index in [9.17, 15) is 0 Å². The smallest absolute Gasteiger partial charge is 0.0247 e. The van der Waals surface area contributed by atoms with Crippen LogP contribution in [0.15, 0.2) is 34.3 Å². The van der Waals surface area contributed by atoms with Crippen LogP contribution < -0.4 is 5.32 Å². The molecule has 0 saturated heterocycles. The Balaban J connectivity index is 2.13. The highest BCUT2D eigenvalue weighted by atomic mass is 79.9. The first-order valence-corrected chi connectivity index (χ1v) is 8.76. The van der Waals surface area contributed by atoms with Crippen molar-refractivity contribution in [3.8, 4) is 0 Å². The van der Waals surface area contributed by atoms with Crippen molar-refractivity contribution in [3.05, 3.63) is 39.9 Å². The standard InChI is InChI=1S/C18H26BrN/c1-2-12-20-14-17(15-8-4-3-5-9-15)13-16-10-6-7-11-18(16)19/h6-7,10-11,13,15,20H,2-5,8-9,12,14H2,1H3/b17-13-. The zero-order chi connectivity index (χ0) is 14.2. The molecule has 1 fully saturated rings. The van der Waals surface area contributed by atoms with Gasteiger partial charge in [-0.05, 0) is 43.4 Å². The maximum atomic E-state index is 3.67. The number of hydrogen-bond acceptors (Lipinski definition) is 1. The highest BCUT2D eigenvalue weighted by Gasteiger charge is 2.17. The fraction of sp³-hybridized carbons (Fsp3) is 0.556. The molecule has 20 heavy (non-hydrogen) atoms. The van der Waals surface area contributed by atoms with Gasteiger partial charge in [0.1, 0.15) is 0 Å². The summed E-state index contributed by atoms with van der Waals surface area (Å²) in [5.74, 6) is 0.778. The predicted octanol–water partition coefficient (Wildman–Crippen LogP) is 5.41. The molecule has 1 aliphatic carbocycles. The summed E-state index contributed by atoms with van der Waals surface area (Å²) in [7, 11) is 0. The number of benzene rings is 1. The van der Waals surface area contributed by atoms with Crippen LogP contribution in [-0.2, 0) is 0 Å². The molecule has 2 rings (SSSR count). The molecule has 1 aromatic rings. The van der Waals surface area contributed by atoms with Gasteiger partial charge in [0.2, 0.25) is 0 Å². The van der Waals surface area contributed by atoms with Crippen molar-refractivity contribution < 1.29 is 0 Å². The number of rotatable bonds is 6. The molecule has 0 amide bonds. The van der Waals surface area contributed by atoms with Gasteiger partial charge in [-0.2, -0.15) is 0 Å². The van der Waals surface area contributed by atoms with Gasteiger partial charge in [0, 0.05) is 11.0 Å². The molecule has 0 heterocycles. The van der Waals surface area contributed by atoms with Crippen LogP contribution >= 0.6 is 15.9 Å². The van der Waals surface area contributed by atoms with E-state index in [0.717, 1.165) is 19.0 Å². The lowest BCUT2D eigenvalue weighted by Gasteiger charge is -2.25. The molecule has 0 unspecified atom stereocenters. The highest BCUT2D eigenvalue weighted by Crippen LogP contribution is 2.31. The van der Waals surface area contributed by atoms with Crippen LogP contribution in [0.25, 0.3) is 6.08 Å². The summed E-state index contributed by atoms with van der Waals surface area (Å²) in [5.41, 5.74) is 2.90. The van der Waals surface area contributed by atoms with Crippen molar-refractivity contribution in [2.75, 3.05) is 13.1 Å². The van der Waals surface area contributed by atoms with Gasteiger partial charge < -0.3 is 5.32 Å². The molecule has 0 aromatic heterocycles. The van der Waals surface area contributed by atoms with Crippen molar-refractivity contribution in [3.63, 3.8) is 0 Å². The first-order valence-electron chi connectivity index (χ1n) is 7.97. The molecule has 2 heteroatoms. The molecule has 0 radical (unpaired) electrons. The molecule has 0 aliphatic heterocycles. The fourth-order valence-corrected chi connectivity index (χ4v) is 3.39. The summed E-state index contributed by atoms with van der Waals surface area (Å²) in [6.07, 6.45) is 10.5. The molecule has 0 bridgehead atoms. The van der Waals surface area contributed by atoms with Gasteiger partial charge in [-0.25, -0.2) is 0 Å². The second-order valence-corrected chi connectivity index (χ2v) is 6.61. The van der Waals surface area contributed by atoms with Crippen LogP contribution in [0.2, 0.25) is 0 Å². The summed E-state index contributed by atoms with van der Waals surface area (Å²) in [6, 6.07) is 8.53. The SMILES string of the molecule is CCCNC/C(=C/c1ccccc1Br)C1CCCCC1. The van der Waals surface area contributed by atoms with E-state index in [1.54, 1.807) is 5.57 Å². The predicted molar refractivity (Wildman–Crippen MR) is 91.9 cm³/mol. The zero-order valence-corrected chi connectivity index (χ0v) is 14.1. The van der Waals surface area contributed by atoms with Gasteiger partial charge in [0.15, 0.2) is 0 Å². The van der Waals surface area contributed by atoms with Crippen LogP contribution in [0.3, 0.4) is 0 Å². The number of nitrogens with one attached hydrogen (secondary N) is 1. The molecule has 0 spiro atoms. The summed E-state index contributed by atoms with van der Waals surface area (Å²) in [4.78, 5) is 0. The molecular formula is C18H26BrN. The Hall–Kier alpha value is -0.600. The zero-order valence-electron chi connectivity index (χ0n) is 12.5. The van der Waals surface area contributed by atoms with Crippen LogP contribution in [0, 0.1) is 5.92 Å². The summed E-state index contributed by atoms with van der Waals surface area (Å²) in [6.45, 7) is 4.38. The molecule has 1 nitrogen and oxygen atoms in total. The van der Waals surface area contributed by atoms with Crippen molar-refractivity contribution in [1.29, 1.82) is 0 Å². The number of halogens is 1. The Morgan fingerprint density at radius 3 is 2.70 bits per heavy atom. The van der Waals surface area contributed by atoms with E-state index in [1.165, 1.54) is 48.6 Å². The maximum Gasteiger partial charge on any atom is 0.0247 e. The van der Waals surface area contributed by atoms with Gasteiger partial charge in [-0.1, -0.05) is 72.0 Å². The van der Waals surface area contributed by atoms with Crippen LogP contribution in [0.4, 0.5) is 0 Å². The first kappa shape index (κ1) is 15.8. The third-order valence-corrected chi connectivity index (χ3v) is 4.85. The Morgan fingerprint density at radius 2 is 2.00 bits per heavy atom. The topological polar surface area (TPSA) is 12.0 Å². The molecule has 0 atom stereocenters. The van der Waals surface area contributed by atoms with Gasteiger partial charge in [0.25, 0.3) is 0 Å². The van der Waals surface area contributed by atoms with Gasteiger partial charge in [0.05, 0.1) is 0 Å². The average Bonchev–Trinajstić information content (AvgIpc) is 2.49. The van der Waals surface area contributed by atoms with Gasteiger partial charge >= 0.3 is 0 Å². The van der Waals surface area contributed by atoms with Crippen molar-refractivity contribution in [2.45, 2.75) is 45.4 Å². The Kier molecular flexibility index (Phi) is 6.81. The van der Waals surface area contributed by atoms with Gasteiger partial charge in [-0.15, -0.1) is 0 Å². The second kappa shape index (κ2) is 8.63. The lowest BCUT2D eigenvalue weighted by Crippen LogP contribution is -2.23. The molecule has 1 aromatic carbocycles. The minimum absolute atomic E-state index is 0.778. The van der Waals surface area contributed by atoms with Crippen molar-refractivity contribution >= 4 is 22.0 Å². The van der Waals surface area contributed by atoms with Gasteiger partial charge in [-0.3, -0.25) is 0 Å². The molecule has 1 N–H and O–H groups in total. The lowest BCUT2D eigenvalue weighted by atomic mass is 9.83. The third kappa shape index (κ3) is 4.75. The van der Waals surface area contributed by atoms with E-state index in [2.05, 4.69) is 58.5 Å². The molecule has 1 aliphatic rings. The largest absolute Gasteiger partial charge is 0.313 e. The lowest BCUT2D eigenvalue weighted by molar-refractivity contribution is 0.396. The Bertz CT molecular complexity index is 433. The van der Waals surface area contributed by atoms with E-state index in [-0.39, 0.29) is 0 Å². The number of hydrogen-bond donors (Lipinski definition) is 1. The van der Waals surface area contributed by atoms with E-state index in [0.29, 0.717) is 0 Å². The average molecular weight is 336 g/mol. The third-order valence-electron chi connectivity index (χ3n) is 4.13. The fourth-order valence-electron chi connectivity index (χ4n) is 2.99. The maximum absolute atomic E-state index is 3.67. The Labute approximate surface area is 132 Å². The van der Waals surface area contributed by atoms with E-state index in [4.69, 9.17) is 0 Å². The molecular weight excluding hydrogens is 310 g/mol. The monoisotopic (exact) mass is 335 g/mol. The normalized spacial score (nSPS) is 17.4. The molecule has 1 saturated carbocycles. The van der Waals surface area contributed by atoms with Crippen LogP contribution in [0.1, 0.15) is 51.0 Å². The van der Waals surface area contributed by atoms with E-state index < -0.39 is 0 Å². The van der Waals surface area contributed by atoms with E-state index >= 15 is 0 Å². The highest BCUT2D eigenvalue weighted by molar-refractivity contribution is 9.10. The van der Waals surface area contributed by atoms with Crippen molar-refractivity contribution in [1.82, 2.24) is 5.32 Å². The summed E-state index contributed by atoms with van der Waals surface area (Å²) >= 11 is 3.67. The minimum atomic E-state index is 0.778. The summed E-state index contributed by atoms with van der Waals surface area (Å²) < 4.78 is 1.20. The van der Waals surface area contributed by atoms with Crippen molar-refractivity contribution in [2.24, 2.45) is 5.92 Å². The second-order valence-electron chi connectivity index (χ2n) is 5.75. The quantitative estimate of drug-likeness (QED) is 0.685. The summed E-state index contributed by atoms with van der Waals surface area (Å²) in [5, 5.41) is 3.59. The Morgan fingerprint density at radius 1 is 1.25 bits per heavy atom.